The first kappa shape index (κ1) is 20.3. The molecule has 3 rings (SSSR count). The third-order valence-electron chi connectivity index (χ3n) is 5.24. The molecule has 8 heteroatoms. The number of nitrogens with zero attached hydrogens (tertiary/aromatic N) is 2. The number of para-hydroxylation sites is 1. The van der Waals surface area contributed by atoms with Crippen LogP contribution in [0.2, 0.25) is 0 Å². The number of nitriles is 1. The van der Waals surface area contributed by atoms with Crippen LogP contribution in [0.25, 0.3) is 0 Å². The average molecular weight is 395 g/mol. The Balaban J connectivity index is 1.63. The van der Waals surface area contributed by atoms with Crippen molar-refractivity contribution in [3.05, 3.63) is 42.0 Å². The SMILES string of the molecule is C[C@@H](OC(=O)[C@H](C)N1C(=O)[C@H]2CC=CC[C@H]2C1=O)C(=O)Nc1ccccc1C#N. The van der Waals surface area contributed by atoms with Gasteiger partial charge in [0.2, 0.25) is 11.8 Å². The van der Waals surface area contributed by atoms with E-state index < -0.39 is 35.9 Å². The summed E-state index contributed by atoms with van der Waals surface area (Å²) in [7, 11) is 0. The fourth-order valence-corrected chi connectivity index (χ4v) is 3.56. The number of hydrogen-bond donors (Lipinski definition) is 1. The van der Waals surface area contributed by atoms with Gasteiger partial charge in [0.15, 0.2) is 6.10 Å². The third kappa shape index (κ3) is 3.90. The van der Waals surface area contributed by atoms with E-state index in [1.807, 2.05) is 18.2 Å². The van der Waals surface area contributed by atoms with Crippen molar-refractivity contribution in [1.82, 2.24) is 4.90 Å². The summed E-state index contributed by atoms with van der Waals surface area (Å²) in [6, 6.07) is 7.27. The number of esters is 1. The Labute approximate surface area is 168 Å². The van der Waals surface area contributed by atoms with E-state index in [-0.39, 0.29) is 17.4 Å². The van der Waals surface area contributed by atoms with Gasteiger partial charge >= 0.3 is 5.97 Å². The van der Waals surface area contributed by atoms with Gasteiger partial charge in [0.1, 0.15) is 12.1 Å². The van der Waals surface area contributed by atoms with Crippen LogP contribution in [0.15, 0.2) is 36.4 Å². The maximum atomic E-state index is 12.6. The minimum atomic E-state index is -1.17. The molecule has 1 saturated heterocycles. The number of ether oxygens (including phenoxy) is 1. The van der Waals surface area contributed by atoms with Gasteiger partial charge in [0.25, 0.3) is 5.91 Å². The molecule has 0 aromatic heterocycles. The van der Waals surface area contributed by atoms with Gasteiger partial charge in [0, 0.05) is 0 Å². The van der Waals surface area contributed by atoms with E-state index in [9.17, 15) is 19.2 Å². The molecule has 4 atom stereocenters. The van der Waals surface area contributed by atoms with Crippen LogP contribution >= 0.6 is 0 Å². The van der Waals surface area contributed by atoms with E-state index in [0.717, 1.165) is 4.90 Å². The number of allylic oxidation sites excluding steroid dienone is 2. The molecule has 8 nitrogen and oxygen atoms in total. The molecule has 0 bridgehead atoms. The van der Waals surface area contributed by atoms with Crippen LogP contribution in [-0.4, -0.2) is 40.7 Å². The highest BCUT2D eigenvalue weighted by Gasteiger charge is 2.50. The largest absolute Gasteiger partial charge is 0.451 e. The molecule has 0 unspecified atom stereocenters. The summed E-state index contributed by atoms with van der Waals surface area (Å²) in [4.78, 5) is 51.0. The Morgan fingerprint density at radius 3 is 2.31 bits per heavy atom. The van der Waals surface area contributed by atoms with Crippen LogP contribution in [0.4, 0.5) is 5.69 Å². The van der Waals surface area contributed by atoms with Crippen molar-refractivity contribution < 1.29 is 23.9 Å². The summed E-state index contributed by atoms with van der Waals surface area (Å²) in [6.07, 6.45) is 3.51. The van der Waals surface area contributed by atoms with Crippen molar-refractivity contribution in [2.45, 2.75) is 38.8 Å². The molecular weight excluding hydrogens is 374 g/mol. The average Bonchev–Trinajstić information content (AvgIpc) is 2.98. The lowest BCUT2D eigenvalue weighted by Gasteiger charge is -2.23. The number of amides is 3. The van der Waals surface area contributed by atoms with E-state index in [1.165, 1.54) is 13.8 Å². The molecule has 1 heterocycles. The standard InChI is InChI=1S/C21H21N3O5/c1-12(24-19(26)15-8-4-5-9-16(15)20(24)27)21(28)29-13(2)18(25)23-17-10-6-3-7-14(17)11-22/h3-7,10,12-13,15-16H,8-9H2,1-2H3,(H,23,25)/t12-,13+,15-,16+/m0/s1. The van der Waals surface area contributed by atoms with Crippen molar-refractivity contribution >= 4 is 29.4 Å². The number of carbonyl (C=O) groups excluding carboxylic acids is 4. The van der Waals surface area contributed by atoms with Crippen LogP contribution in [0.1, 0.15) is 32.3 Å². The van der Waals surface area contributed by atoms with Crippen molar-refractivity contribution in [2.24, 2.45) is 11.8 Å². The van der Waals surface area contributed by atoms with Crippen molar-refractivity contribution in [3.8, 4) is 6.07 Å². The molecule has 29 heavy (non-hydrogen) atoms. The molecule has 150 valence electrons. The fourth-order valence-electron chi connectivity index (χ4n) is 3.56. The number of rotatable bonds is 5. The summed E-state index contributed by atoms with van der Waals surface area (Å²) in [5.74, 6) is -3.10. The normalized spacial score (nSPS) is 22.4. The van der Waals surface area contributed by atoms with E-state index in [2.05, 4.69) is 5.32 Å². The molecule has 3 amide bonds. The van der Waals surface area contributed by atoms with Crippen molar-refractivity contribution in [3.63, 3.8) is 0 Å². The molecule has 0 saturated carbocycles. The second-order valence-corrected chi connectivity index (χ2v) is 7.10. The number of anilines is 1. The maximum absolute atomic E-state index is 12.6. The summed E-state index contributed by atoms with van der Waals surface area (Å²) < 4.78 is 5.19. The Morgan fingerprint density at radius 2 is 1.72 bits per heavy atom. The number of likely N-dealkylation sites (tertiary alicyclic amines) is 1. The predicted octanol–water partition coefficient (Wildman–Crippen LogP) is 1.77. The number of hydrogen-bond acceptors (Lipinski definition) is 6. The van der Waals surface area contributed by atoms with Gasteiger partial charge in [-0.15, -0.1) is 0 Å². The molecule has 0 spiro atoms. The molecule has 1 fully saturated rings. The lowest BCUT2D eigenvalue weighted by molar-refractivity contribution is -0.163. The monoisotopic (exact) mass is 395 g/mol. The van der Waals surface area contributed by atoms with Crippen molar-refractivity contribution in [2.75, 3.05) is 5.32 Å². The van der Waals surface area contributed by atoms with Gasteiger partial charge in [0.05, 0.1) is 23.1 Å². The molecule has 1 aromatic rings. The Morgan fingerprint density at radius 1 is 1.14 bits per heavy atom. The zero-order valence-electron chi connectivity index (χ0n) is 16.1. The molecule has 2 aliphatic rings. The van der Waals surface area contributed by atoms with Crippen LogP contribution in [0.5, 0.6) is 0 Å². The van der Waals surface area contributed by atoms with Gasteiger partial charge in [-0.3, -0.25) is 19.3 Å². The number of fused-ring (bicyclic) bond motifs is 1. The summed E-state index contributed by atoms with van der Waals surface area (Å²) in [5, 5.41) is 11.6. The Kier molecular flexibility index (Phi) is 5.78. The van der Waals surface area contributed by atoms with Crippen molar-refractivity contribution in [1.29, 1.82) is 5.26 Å². The Hall–Kier alpha value is -3.47. The molecule has 1 aromatic carbocycles. The van der Waals surface area contributed by atoms with Gasteiger partial charge in [-0.25, -0.2) is 4.79 Å². The lowest BCUT2D eigenvalue weighted by Crippen LogP contribution is -2.46. The van der Waals surface area contributed by atoms with Gasteiger partial charge in [-0.2, -0.15) is 5.26 Å². The summed E-state index contributed by atoms with van der Waals surface area (Å²) in [6.45, 7) is 2.80. The van der Waals surface area contributed by atoms with Gasteiger partial charge < -0.3 is 10.1 Å². The zero-order chi connectivity index (χ0) is 21.1. The van der Waals surface area contributed by atoms with E-state index >= 15 is 0 Å². The first-order valence-electron chi connectivity index (χ1n) is 9.37. The molecule has 1 aliphatic heterocycles. The van der Waals surface area contributed by atoms with Gasteiger partial charge in [-0.05, 0) is 38.8 Å². The molecule has 1 aliphatic carbocycles. The first-order chi connectivity index (χ1) is 13.8. The molecular formula is C21H21N3O5. The predicted molar refractivity (Wildman–Crippen MR) is 102 cm³/mol. The lowest BCUT2D eigenvalue weighted by atomic mass is 9.85. The second kappa shape index (κ2) is 8.27. The Bertz CT molecular complexity index is 906. The summed E-state index contributed by atoms with van der Waals surface area (Å²) >= 11 is 0. The third-order valence-corrected chi connectivity index (χ3v) is 5.24. The number of nitrogens with one attached hydrogen (secondary N) is 1. The molecule has 0 radical (unpaired) electrons. The first-order valence-corrected chi connectivity index (χ1v) is 9.37. The minimum absolute atomic E-state index is 0.275. The number of imide groups is 1. The highest BCUT2D eigenvalue weighted by molar-refractivity contribution is 6.08. The van der Waals surface area contributed by atoms with Crippen LogP contribution in [0, 0.1) is 23.2 Å². The molecule has 1 N–H and O–H groups in total. The topological polar surface area (TPSA) is 117 Å². The fraction of sp³-hybridized carbons (Fsp3) is 0.381. The smallest absolute Gasteiger partial charge is 0.329 e. The number of benzene rings is 1. The van der Waals surface area contributed by atoms with Crippen LogP contribution < -0.4 is 5.32 Å². The van der Waals surface area contributed by atoms with E-state index in [1.54, 1.807) is 24.3 Å². The van der Waals surface area contributed by atoms with E-state index in [0.29, 0.717) is 18.5 Å². The second-order valence-electron chi connectivity index (χ2n) is 7.10. The minimum Gasteiger partial charge on any atom is -0.451 e. The summed E-state index contributed by atoms with van der Waals surface area (Å²) in [5.41, 5.74) is 0.578. The maximum Gasteiger partial charge on any atom is 0.329 e. The van der Waals surface area contributed by atoms with Gasteiger partial charge in [-0.1, -0.05) is 24.3 Å². The van der Waals surface area contributed by atoms with Crippen LogP contribution in [-0.2, 0) is 23.9 Å². The zero-order valence-corrected chi connectivity index (χ0v) is 16.1. The highest BCUT2D eigenvalue weighted by Crippen LogP contribution is 2.36. The number of carbonyl (C=O) groups is 4. The highest BCUT2D eigenvalue weighted by atomic mass is 16.5. The quantitative estimate of drug-likeness (QED) is 0.461. The van der Waals surface area contributed by atoms with E-state index in [4.69, 9.17) is 10.00 Å². The van der Waals surface area contributed by atoms with Crippen LogP contribution in [0.3, 0.4) is 0 Å².